The van der Waals surface area contributed by atoms with Crippen LogP contribution in [0.5, 0.6) is 0 Å². The van der Waals surface area contributed by atoms with Gasteiger partial charge in [-0.1, -0.05) is 0 Å². The van der Waals surface area contributed by atoms with Crippen molar-refractivity contribution < 1.29 is 0 Å². The average Bonchev–Trinajstić information content (AvgIpc) is 2.46. The molecule has 13 heavy (non-hydrogen) atoms. The molecule has 0 radical (unpaired) electrons. The van der Waals surface area contributed by atoms with Crippen molar-refractivity contribution in [1.29, 1.82) is 0 Å². The number of thiophene rings is 1. The fourth-order valence-corrected chi connectivity index (χ4v) is 2.09. The van der Waals surface area contributed by atoms with Crippen LogP contribution in [-0.2, 0) is 6.54 Å². The van der Waals surface area contributed by atoms with Crippen LogP contribution in [0.1, 0.15) is 10.7 Å². The second kappa shape index (κ2) is 2.93. The highest BCUT2D eigenvalue weighted by Crippen LogP contribution is 2.19. The smallest absolute Gasteiger partial charge is 0.259 e. The average molecular weight is 195 g/mol. The number of nitrogens with two attached hydrogens (primary N) is 1. The van der Waals surface area contributed by atoms with Crippen LogP contribution < -0.4 is 11.3 Å². The third kappa shape index (κ3) is 1.36. The van der Waals surface area contributed by atoms with Crippen LogP contribution in [0.25, 0.3) is 10.2 Å². The number of aromatic nitrogens is 2. The van der Waals surface area contributed by atoms with Gasteiger partial charge in [-0.25, -0.2) is 4.98 Å². The van der Waals surface area contributed by atoms with Gasteiger partial charge >= 0.3 is 0 Å². The first-order valence-electron chi connectivity index (χ1n) is 3.90. The van der Waals surface area contributed by atoms with Crippen molar-refractivity contribution in [1.82, 2.24) is 9.97 Å². The molecule has 0 saturated heterocycles. The van der Waals surface area contributed by atoms with Gasteiger partial charge in [0.15, 0.2) is 0 Å². The third-order valence-corrected chi connectivity index (χ3v) is 2.71. The molecule has 5 heteroatoms. The molecule has 0 aliphatic rings. The molecule has 4 nitrogen and oxygen atoms in total. The monoisotopic (exact) mass is 195 g/mol. The molecule has 2 heterocycles. The summed E-state index contributed by atoms with van der Waals surface area (Å²) in [6.07, 6.45) is 0. The Hall–Kier alpha value is -1.20. The number of aromatic amines is 1. The van der Waals surface area contributed by atoms with Crippen LogP contribution in [0.3, 0.4) is 0 Å². The summed E-state index contributed by atoms with van der Waals surface area (Å²) < 4.78 is 0. The molecule has 0 fully saturated rings. The van der Waals surface area contributed by atoms with Gasteiger partial charge in [0.25, 0.3) is 5.56 Å². The van der Waals surface area contributed by atoms with Gasteiger partial charge in [0.2, 0.25) is 0 Å². The van der Waals surface area contributed by atoms with E-state index in [1.54, 1.807) is 0 Å². The number of nitrogens with one attached hydrogen (secondary N) is 1. The van der Waals surface area contributed by atoms with Crippen molar-refractivity contribution >= 4 is 21.6 Å². The normalized spacial score (nSPS) is 10.9. The van der Waals surface area contributed by atoms with Crippen molar-refractivity contribution in [3.63, 3.8) is 0 Å². The van der Waals surface area contributed by atoms with Crippen molar-refractivity contribution in [2.45, 2.75) is 13.5 Å². The van der Waals surface area contributed by atoms with Gasteiger partial charge in [-0.3, -0.25) is 4.79 Å². The zero-order valence-electron chi connectivity index (χ0n) is 7.13. The first kappa shape index (κ1) is 8.40. The molecular weight excluding hydrogens is 186 g/mol. The van der Waals surface area contributed by atoms with E-state index >= 15 is 0 Å². The Labute approximate surface area is 78.4 Å². The Morgan fingerprint density at radius 3 is 3.15 bits per heavy atom. The molecular formula is C8H9N3OS. The van der Waals surface area contributed by atoms with E-state index < -0.39 is 0 Å². The summed E-state index contributed by atoms with van der Waals surface area (Å²) >= 11 is 1.51. The summed E-state index contributed by atoms with van der Waals surface area (Å²) in [6.45, 7) is 2.22. The van der Waals surface area contributed by atoms with Crippen LogP contribution in [0, 0.1) is 6.92 Å². The Kier molecular flexibility index (Phi) is 1.90. The van der Waals surface area contributed by atoms with E-state index in [1.807, 2.05) is 13.0 Å². The molecule has 0 aromatic carbocycles. The van der Waals surface area contributed by atoms with Gasteiger partial charge in [0, 0.05) is 4.88 Å². The van der Waals surface area contributed by atoms with Gasteiger partial charge in [-0.15, -0.1) is 11.3 Å². The summed E-state index contributed by atoms with van der Waals surface area (Å²) in [5, 5.41) is 0.653. The maximum Gasteiger partial charge on any atom is 0.259 e. The molecule has 0 bridgehead atoms. The fourth-order valence-electron chi connectivity index (χ4n) is 1.19. The lowest BCUT2D eigenvalue weighted by molar-refractivity contribution is 0.916. The SMILES string of the molecule is Cc1cc2c(=O)[nH]c(CN)nc2s1. The van der Waals surface area contributed by atoms with Gasteiger partial charge in [-0.05, 0) is 13.0 Å². The van der Waals surface area contributed by atoms with Crippen LogP contribution in [-0.4, -0.2) is 9.97 Å². The summed E-state index contributed by atoms with van der Waals surface area (Å²) in [6, 6.07) is 1.84. The first-order valence-corrected chi connectivity index (χ1v) is 4.72. The minimum absolute atomic E-state index is 0.102. The van der Waals surface area contributed by atoms with E-state index in [0.717, 1.165) is 9.71 Å². The number of aryl methyl sites for hydroxylation is 1. The predicted molar refractivity (Wildman–Crippen MR) is 52.9 cm³/mol. The zero-order chi connectivity index (χ0) is 9.42. The Morgan fingerprint density at radius 1 is 1.69 bits per heavy atom. The number of hydrogen-bond donors (Lipinski definition) is 2. The quantitative estimate of drug-likeness (QED) is 0.705. The summed E-state index contributed by atoms with van der Waals surface area (Å²) in [5.41, 5.74) is 5.29. The van der Waals surface area contributed by atoms with Crippen molar-refractivity contribution in [3.05, 3.63) is 27.1 Å². The number of fused-ring (bicyclic) bond motifs is 1. The lowest BCUT2D eigenvalue weighted by Gasteiger charge is -1.94. The molecule has 0 unspecified atom stereocenters. The maximum atomic E-state index is 11.4. The lowest BCUT2D eigenvalue weighted by atomic mass is 10.4. The second-order valence-corrected chi connectivity index (χ2v) is 4.03. The van der Waals surface area contributed by atoms with Gasteiger partial charge in [0.1, 0.15) is 10.7 Å². The summed E-state index contributed by atoms with van der Waals surface area (Å²) in [5.74, 6) is 0.541. The van der Waals surface area contributed by atoms with Gasteiger partial charge < -0.3 is 10.7 Å². The molecule has 0 aliphatic heterocycles. The molecule has 0 amide bonds. The summed E-state index contributed by atoms with van der Waals surface area (Å²) in [7, 11) is 0. The van der Waals surface area contributed by atoms with Crippen molar-refractivity contribution in [3.8, 4) is 0 Å². The van der Waals surface area contributed by atoms with Crippen molar-refractivity contribution in [2.75, 3.05) is 0 Å². The number of nitrogens with zero attached hydrogens (tertiary/aromatic N) is 1. The van der Waals surface area contributed by atoms with Gasteiger partial charge in [0.05, 0.1) is 11.9 Å². The lowest BCUT2D eigenvalue weighted by Crippen LogP contribution is -2.13. The van der Waals surface area contributed by atoms with E-state index in [4.69, 9.17) is 5.73 Å². The standard InChI is InChI=1S/C8H9N3OS/c1-4-2-5-7(12)10-6(3-9)11-8(5)13-4/h2H,3,9H2,1H3,(H,10,11,12). The molecule has 0 spiro atoms. The minimum Gasteiger partial charge on any atom is -0.324 e. The molecule has 0 aliphatic carbocycles. The first-order chi connectivity index (χ1) is 6.20. The minimum atomic E-state index is -0.102. The van der Waals surface area contributed by atoms with Crippen LogP contribution in [0.4, 0.5) is 0 Å². The zero-order valence-corrected chi connectivity index (χ0v) is 7.94. The Morgan fingerprint density at radius 2 is 2.46 bits per heavy atom. The topological polar surface area (TPSA) is 71.8 Å². The fraction of sp³-hybridized carbons (Fsp3) is 0.250. The second-order valence-electron chi connectivity index (χ2n) is 2.79. The van der Waals surface area contributed by atoms with E-state index in [9.17, 15) is 4.79 Å². The third-order valence-electron chi connectivity index (χ3n) is 1.77. The molecule has 2 aromatic rings. The molecule has 0 saturated carbocycles. The van der Waals surface area contributed by atoms with Crippen LogP contribution >= 0.6 is 11.3 Å². The number of rotatable bonds is 1. The number of hydrogen-bond acceptors (Lipinski definition) is 4. The maximum absolute atomic E-state index is 11.4. The highest BCUT2D eigenvalue weighted by atomic mass is 32.1. The molecule has 68 valence electrons. The highest BCUT2D eigenvalue weighted by molar-refractivity contribution is 7.18. The molecule has 0 atom stereocenters. The Balaban J connectivity index is 2.83. The van der Waals surface area contributed by atoms with Gasteiger partial charge in [-0.2, -0.15) is 0 Å². The largest absolute Gasteiger partial charge is 0.324 e. The van der Waals surface area contributed by atoms with Crippen LogP contribution in [0.15, 0.2) is 10.9 Å². The molecule has 2 rings (SSSR count). The van der Waals surface area contributed by atoms with Crippen LogP contribution in [0.2, 0.25) is 0 Å². The predicted octanol–water partition coefficient (Wildman–Crippen LogP) is 0.752. The van der Waals surface area contributed by atoms with E-state index in [0.29, 0.717) is 11.2 Å². The molecule has 2 aromatic heterocycles. The highest BCUT2D eigenvalue weighted by Gasteiger charge is 2.05. The number of H-pyrrole nitrogens is 1. The van der Waals surface area contributed by atoms with Crippen molar-refractivity contribution in [2.24, 2.45) is 5.73 Å². The Bertz CT molecular complexity index is 500. The van der Waals surface area contributed by atoms with E-state index in [1.165, 1.54) is 11.3 Å². The van der Waals surface area contributed by atoms with E-state index in [-0.39, 0.29) is 12.1 Å². The summed E-state index contributed by atoms with van der Waals surface area (Å²) in [4.78, 5) is 20.1. The van der Waals surface area contributed by atoms with E-state index in [2.05, 4.69) is 9.97 Å². The molecule has 3 N–H and O–H groups in total.